The first kappa shape index (κ1) is 15.3. The minimum atomic E-state index is -0.396. The normalized spacial score (nSPS) is 11.1. The number of rotatable bonds is 5. The molecule has 3 rings (SSSR count). The van der Waals surface area contributed by atoms with E-state index in [1.54, 1.807) is 19.2 Å². The lowest BCUT2D eigenvalue weighted by Gasteiger charge is -2.04. The molecule has 0 saturated carbocycles. The number of carbonyl (C=O) groups excluding carboxylic acids is 1. The fraction of sp³-hybridized carbons (Fsp3) is 0.333. The van der Waals surface area contributed by atoms with Crippen LogP contribution >= 0.6 is 0 Å². The molecule has 120 valence electrons. The minimum absolute atomic E-state index is 0.330. The SMILES string of the molecule is CCOC(=O)c1cc2c3cc(OCC)ccc3n(CC)c2cn1. The molecule has 0 amide bonds. The number of ether oxygens (including phenoxy) is 2. The monoisotopic (exact) mass is 312 g/mol. The Bertz CT molecular complexity index is 867. The Kier molecular flexibility index (Phi) is 4.19. The number of nitrogens with zero attached hydrogens (tertiary/aromatic N) is 2. The van der Waals surface area contributed by atoms with Crippen molar-refractivity contribution in [2.24, 2.45) is 0 Å². The third-order valence-corrected chi connectivity index (χ3v) is 3.83. The van der Waals surface area contributed by atoms with Crippen LogP contribution in [0.5, 0.6) is 5.75 Å². The van der Waals surface area contributed by atoms with Crippen LogP contribution in [-0.4, -0.2) is 28.7 Å². The van der Waals surface area contributed by atoms with Crippen LogP contribution in [-0.2, 0) is 11.3 Å². The van der Waals surface area contributed by atoms with E-state index >= 15 is 0 Å². The molecule has 0 aliphatic carbocycles. The van der Waals surface area contributed by atoms with E-state index in [0.29, 0.717) is 18.9 Å². The molecular formula is C18H20N2O3. The number of aromatic nitrogens is 2. The summed E-state index contributed by atoms with van der Waals surface area (Å²) in [6.07, 6.45) is 1.74. The van der Waals surface area contributed by atoms with Crippen molar-refractivity contribution >= 4 is 27.8 Å². The average Bonchev–Trinajstić information content (AvgIpc) is 2.88. The highest BCUT2D eigenvalue weighted by molar-refractivity contribution is 6.09. The molecule has 2 aromatic heterocycles. The van der Waals surface area contributed by atoms with Crippen LogP contribution in [0.4, 0.5) is 0 Å². The van der Waals surface area contributed by atoms with Crippen LogP contribution in [0.3, 0.4) is 0 Å². The second-order valence-electron chi connectivity index (χ2n) is 5.16. The van der Waals surface area contributed by atoms with Crippen LogP contribution in [0.2, 0.25) is 0 Å². The molecule has 0 bridgehead atoms. The van der Waals surface area contributed by atoms with E-state index in [-0.39, 0.29) is 0 Å². The van der Waals surface area contributed by atoms with Crippen molar-refractivity contribution in [1.82, 2.24) is 9.55 Å². The zero-order chi connectivity index (χ0) is 16.4. The van der Waals surface area contributed by atoms with E-state index in [1.807, 2.05) is 25.1 Å². The Morgan fingerprint density at radius 1 is 1.09 bits per heavy atom. The number of fused-ring (bicyclic) bond motifs is 3. The molecule has 1 aromatic carbocycles. The average molecular weight is 312 g/mol. The molecule has 5 nitrogen and oxygen atoms in total. The molecule has 3 aromatic rings. The van der Waals surface area contributed by atoms with Gasteiger partial charge in [0.05, 0.1) is 24.9 Å². The van der Waals surface area contributed by atoms with Gasteiger partial charge in [0.25, 0.3) is 0 Å². The number of carbonyl (C=O) groups is 1. The second kappa shape index (κ2) is 6.28. The zero-order valence-electron chi connectivity index (χ0n) is 13.6. The molecule has 23 heavy (non-hydrogen) atoms. The Hall–Kier alpha value is -2.56. The quantitative estimate of drug-likeness (QED) is 0.673. The van der Waals surface area contributed by atoms with Crippen molar-refractivity contribution in [2.75, 3.05) is 13.2 Å². The first-order chi connectivity index (χ1) is 11.2. The predicted octanol–water partition coefficient (Wildman–Crippen LogP) is 3.78. The summed E-state index contributed by atoms with van der Waals surface area (Å²) in [5.41, 5.74) is 2.44. The highest BCUT2D eigenvalue weighted by atomic mass is 16.5. The smallest absolute Gasteiger partial charge is 0.356 e. The molecule has 0 N–H and O–H groups in total. The summed E-state index contributed by atoms with van der Waals surface area (Å²) in [4.78, 5) is 16.2. The van der Waals surface area contributed by atoms with Crippen LogP contribution in [0.25, 0.3) is 21.8 Å². The van der Waals surface area contributed by atoms with Crippen molar-refractivity contribution in [3.05, 3.63) is 36.2 Å². The summed E-state index contributed by atoms with van der Waals surface area (Å²) in [6.45, 7) is 7.62. The maximum absolute atomic E-state index is 12.0. The van der Waals surface area contributed by atoms with Gasteiger partial charge >= 0.3 is 5.97 Å². The molecule has 0 aliphatic heterocycles. The summed E-state index contributed by atoms with van der Waals surface area (Å²) < 4.78 is 12.8. The first-order valence-electron chi connectivity index (χ1n) is 7.91. The fourth-order valence-electron chi connectivity index (χ4n) is 2.89. The van der Waals surface area contributed by atoms with Crippen LogP contribution in [0.15, 0.2) is 30.5 Å². The van der Waals surface area contributed by atoms with Gasteiger partial charge in [-0.1, -0.05) is 0 Å². The van der Waals surface area contributed by atoms with Crippen molar-refractivity contribution in [3.63, 3.8) is 0 Å². The predicted molar refractivity (Wildman–Crippen MR) is 90.0 cm³/mol. The molecule has 2 heterocycles. The number of hydrogen-bond donors (Lipinski definition) is 0. The molecule has 0 aliphatic rings. The van der Waals surface area contributed by atoms with Gasteiger partial charge in [-0.25, -0.2) is 9.78 Å². The van der Waals surface area contributed by atoms with Gasteiger partial charge in [-0.15, -0.1) is 0 Å². The number of esters is 1. The summed E-state index contributed by atoms with van der Waals surface area (Å²) >= 11 is 0. The van der Waals surface area contributed by atoms with Crippen LogP contribution in [0, 0.1) is 0 Å². The van der Waals surface area contributed by atoms with Crippen molar-refractivity contribution in [3.8, 4) is 5.75 Å². The van der Waals surface area contributed by atoms with Gasteiger partial charge in [-0.3, -0.25) is 0 Å². The van der Waals surface area contributed by atoms with Gasteiger partial charge in [0, 0.05) is 22.8 Å². The molecule has 0 radical (unpaired) electrons. The van der Waals surface area contributed by atoms with Gasteiger partial charge in [0.15, 0.2) is 0 Å². The Morgan fingerprint density at radius 2 is 1.87 bits per heavy atom. The Balaban J connectivity index is 2.25. The maximum atomic E-state index is 12.0. The molecule has 0 atom stereocenters. The highest BCUT2D eigenvalue weighted by Gasteiger charge is 2.15. The number of aryl methyl sites for hydroxylation is 1. The summed E-state index contributed by atoms with van der Waals surface area (Å²) in [5.74, 6) is 0.428. The lowest BCUT2D eigenvalue weighted by Crippen LogP contribution is -2.06. The molecule has 0 unspecified atom stereocenters. The highest BCUT2D eigenvalue weighted by Crippen LogP contribution is 2.32. The van der Waals surface area contributed by atoms with E-state index in [2.05, 4.69) is 16.5 Å². The lowest BCUT2D eigenvalue weighted by atomic mass is 10.1. The lowest BCUT2D eigenvalue weighted by molar-refractivity contribution is 0.0520. The third-order valence-electron chi connectivity index (χ3n) is 3.83. The summed E-state index contributed by atoms with van der Waals surface area (Å²) in [5, 5.41) is 2.04. The van der Waals surface area contributed by atoms with Crippen LogP contribution < -0.4 is 4.74 Å². The van der Waals surface area contributed by atoms with E-state index in [9.17, 15) is 4.79 Å². The molecule has 5 heteroatoms. The van der Waals surface area contributed by atoms with Gasteiger partial charge in [0.2, 0.25) is 0 Å². The fourth-order valence-corrected chi connectivity index (χ4v) is 2.89. The van der Waals surface area contributed by atoms with Gasteiger partial charge in [-0.2, -0.15) is 0 Å². The van der Waals surface area contributed by atoms with E-state index in [4.69, 9.17) is 9.47 Å². The largest absolute Gasteiger partial charge is 0.494 e. The maximum Gasteiger partial charge on any atom is 0.356 e. The number of hydrogen-bond acceptors (Lipinski definition) is 4. The second-order valence-corrected chi connectivity index (χ2v) is 5.16. The van der Waals surface area contributed by atoms with Gasteiger partial charge in [0.1, 0.15) is 11.4 Å². The molecule has 0 spiro atoms. The molecule has 0 fully saturated rings. The van der Waals surface area contributed by atoms with Crippen molar-refractivity contribution in [2.45, 2.75) is 27.3 Å². The van der Waals surface area contributed by atoms with E-state index < -0.39 is 5.97 Å². The molecule has 0 saturated heterocycles. The van der Waals surface area contributed by atoms with Gasteiger partial charge < -0.3 is 14.0 Å². The third kappa shape index (κ3) is 2.63. The van der Waals surface area contributed by atoms with Crippen LogP contribution in [0.1, 0.15) is 31.3 Å². The zero-order valence-corrected chi connectivity index (χ0v) is 13.6. The molecular weight excluding hydrogens is 292 g/mol. The number of benzene rings is 1. The summed E-state index contributed by atoms with van der Waals surface area (Å²) in [7, 11) is 0. The van der Waals surface area contributed by atoms with Crippen molar-refractivity contribution in [1.29, 1.82) is 0 Å². The minimum Gasteiger partial charge on any atom is -0.494 e. The van der Waals surface area contributed by atoms with Crippen molar-refractivity contribution < 1.29 is 14.3 Å². The standard InChI is InChI=1S/C18H20N2O3/c1-4-20-16-8-7-12(22-5-2)9-13(16)14-10-15(18(21)23-6-3)19-11-17(14)20/h7-11H,4-6H2,1-3H3. The Morgan fingerprint density at radius 3 is 2.57 bits per heavy atom. The summed E-state index contributed by atoms with van der Waals surface area (Å²) in [6, 6.07) is 7.84. The topological polar surface area (TPSA) is 53.4 Å². The Labute approximate surface area is 134 Å². The first-order valence-corrected chi connectivity index (χ1v) is 7.91. The van der Waals surface area contributed by atoms with E-state index in [0.717, 1.165) is 34.1 Å². The van der Waals surface area contributed by atoms with E-state index in [1.165, 1.54) is 0 Å². The number of pyridine rings is 1. The van der Waals surface area contributed by atoms with Gasteiger partial charge in [-0.05, 0) is 45.0 Å².